The molecular formula is C13H22N2O5. The predicted molar refractivity (Wildman–Crippen MR) is 71.1 cm³/mol. The molecule has 1 atom stereocenters. The average molecular weight is 286 g/mol. The number of amides is 2. The van der Waals surface area contributed by atoms with Gasteiger partial charge in [0.1, 0.15) is 0 Å². The van der Waals surface area contributed by atoms with Gasteiger partial charge in [0.05, 0.1) is 18.4 Å². The predicted octanol–water partition coefficient (Wildman–Crippen LogP) is 0.692. The van der Waals surface area contributed by atoms with Crippen molar-refractivity contribution in [3.63, 3.8) is 0 Å². The number of carboxylic acids is 1. The van der Waals surface area contributed by atoms with E-state index >= 15 is 0 Å². The summed E-state index contributed by atoms with van der Waals surface area (Å²) in [6.45, 7) is 2.01. The number of aliphatic carboxylic acids is 1. The van der Waals surface area contributed by atoms with Crippen LogP contribution in [0.1, 0.15) is 26.2 Å². The van der Waals surface area contributed by atoms with Crippen LogP contribution in [0.2, 0.25) is 0 Å². The highest BCUT2D eigenvalue weighted by Crippen LogP contribution is 2.40. The second-order valence-electron chi connectivity index (χ2n) is 5.40. The highest BCUT2D eigenvalue weighted by Gasteiger charge is 2.44. The van der Waals surface area contributed by atoms with E-state index < -0.39 is 17.3 Å². The first-order chi connectivity index (χ1) is 9.32. The van der Waals surface area contributed by atoms with Crippen LogP contribution >= 0.6 is 0 Å². The second kappa shape index (κ2) is 6.58. The first kappa shape index (κ1) is 16.3. The fourth-order valence-corrected chi connectivity index (χ4v) is 2.22. The van der Waals surface area contributed by atoms with Gasteiger partial charge in [-0.2, -0.15) is 0 Å². The molecule has 0 saturated heterocycles. The number of urea groups is 1. The molecule has 1 aliphatic carbocycles. The maximum Gasteiger partial charge on any atom is 0.317 e. The zero-order valence-corrected chi connectivity index (χ0v) is 12.1. The Morgan fingerprint density at radius 2 is 2.00 bits per heavy atom. The molecule has 1 unspecified atom stereocenters. The number of hydrogen-bond acceptors (Lipinski definition) is 4. The lowest BCUT2D eigenvalue weighted by atomic mass is 9.69. The molecule has 20 heavy (non-hydrogen) atoms. The van der Waals surface area contributed by atoms with Gasteiger partial charge in [0.25, 0.3) is 0 Å². The molecule has 2 amide bonds. The van der Waals surface area contributed by atoms with Crippen LogP contribution in [0, 0.1) is 11.3 Å². The summed E-state index contributed by atoms with van der Waals surface area (Å²) < 4.78 is 4.59. The summed E-state index contributed by atoms with van der Waals surface area (Å²) in [4.78, 5) is 35.7. The largest absolute Gasteiger partial charge is 0.481 e. The summed E-state index contributed by atoms with van der Waals surface area (Å²) in [7, 11) is 2.86. The van der Waals surface area contributed by atoms with Gasteiger partial charge in [0.2, 0.25) is 0 Å². The Hall–Kier alpha value is -1.79. The van der Waals surface area contributed by atoms with E-state index in [9.17, 15) is 14.4 Å². The molecule has 1 saturated carbocycles. The topological polar surface area (TPSA) is 95.9 Å². The Morgan fingerprint density at radius 1 is 1.40 bits per heavy atom. The Balaban J connectivity index is 2.42. The number of hydrogen-bond donors (Lipinski definition) is 2. The van der Waals surface area contributed by atoms with E-state index in [1.807, 2.05) is 0 Å². The fraction of sp³-hybridized carbons (Fsp3) is 0.769. The lowest BCUT2D eigenvalue weighted by Crippen LogP contribution is -2.50. The molecule has 0 radical (unpaired) electrons. The van der Waals surface area contributed by atoms with Crippen molar-refractivity contribution in [2.45, 2.75) is 26.2 Å². The molecule has 0 heterocycles. The van der Waals surface area contributed by atoms with Crippen LogP contribution in [0.4, 0.5) is 4.79 Å². The van der Waals surface area contributed by atoms with Crippen LogP contribution in [-0.4, -0.2) is 55.2 Å². The zero-order valence-electron chi connectivity index (χ0n) is 12.1. The van der Waals surface area contributed by atoms with Gasteiger partial charge < -0.3 is 20.1 Å². The van der Waals surface area contributed by atoms with Gasteiger partial charge in [-0.25, -0.2) is 4.79 Å². The molecule has 0 bridgehead atoms. The summed E-state index contributed by atoms with van der Waals surface area (Å²) in [5.41, 5.74) is -0.815. The van der Waals surface area contributed by atoms with Crippen molar-refractivity contribution in [3.05, 3.63) is 0 Å². The number of nitrogens with one attached hydrogen (secondary N) is 1. The van der Waals surface area contributed by atoms with Crippen LogP contribution < -0.4 is 5.32 Å². The van der Waals surface area contributed by atoms with Crippen molar-refractivity contribution < 1.29 is 24.2 Å². The number of ether oxygens (including phenoxy) is 1. The smallest absolute Gasteiger partial charge is 0.317 e. The number of rotatable bonds is 6. The number of carbonyl (C=O) groups is 3. The third kappa shape index (κ3) is 3.61. The van der Waals surface area contributed by atoms with Gasteiger partial charge in [0, 0.05) is 20.1 Å². The normalized spacial score (nSPS) is 17.6. The molecule has 0 aromatic heterocycles. The maximum atomic E-state index is 11.9. The van der Waals surface area contributed by atoms with E-state index in [1.165, 1.54) is 12.0 Å². The lowest BCUT2D eigenvalue weighted by molar-refractivity contribution is -0.153. The Bertz CT molecular complexity index is 392. The quantitative estimate of drug-likeness (QED) is 0.700. The van der Waals surface area contributed by atoms with Gasteiger partial charge in [-0.15, -0.1) is 0 Å². The standard InChI is InChI=1S/C13H22N2O5/c1-9(10(16)20-3)7-15(2)12(19)14-8-13(11(17)18)5-4-6-13/h9H,4-8H2,1-3H3,(H,14,19)(H,17,18). The van der Waals surface area contributed by atoms with Crippen molar-refractivity contribution in [1.29, 1.82) is 0 Å². The van der Waals surface area contributed by atoms with E-state index in [2.05, 4.69) is 10.1 Å². The number of carboxylic acid groups (broad SMARTS) is 1. The third-order valence-electron chi connectivity index (χ3n) is 3.84. The third-order valence-corrected chi connectivity index (χ3v) is 3.84. The summed E-state index contributed by atoms with van der Waals surface area (Å²) in [6.07, 6.45) is 2.05. The van der Waals surface area contributed by atoms with E-state index in [-0.39, 0.29) is 25.1 Å². The highest BCUT2D eigenvalue weighted by molar-refractivity contribution is 5.79. The number of nitrogens with zero attached hydrogens (tertiary/aromatic N) is 1. The molecule has 7 nitrogen and oxygen atoms in total. The number of esters is 1. The summed E-state index contributed by atoms with van der Waals surface area (Å²) in [5, 5.41) is 11.8. The van der Waals surface area contributed by atoms with E-state index in [1.54, 1.807) is 14.0 Å². The summed E-state index contributed by atoms with van der Waals surface area (Å²) in [6, 6.07) is -0.381. The van der Waals surface area contributed by atoms with E-state index in [0.717, 1.165) is 6.42 Å². The number of carbonyl (C=O) groups excluding carboxylic acids is 2. The first-order valence-electron chi connectivity index (χ1n) is 6.62. The van der Waals surface area contributed by atoms with Gasteiger partial charge in [-0.05, 0) is 12.8 Å². The second-order valence-corrected chi connectivity index (χ2v) is 5.40. The van der Waals surface area contributed by atoms with Crippen LogP contribution in [0.15, 0.2) is 0 Å². The number of methoxy groups -OCH3 is 1. The molecule has 114 valence electrons. The first-order valence-corrected chi connectivity index (χ1v) is 6.62. The Kier molecular flexibility index (Phi) is 5.35. The molecule has 1 fully saturated rings. The molecule has 2 N–H and O–H groups in total. The average Bonchev–Trinajstić information content (AvgIpc) is 2.35. The Labute approximate surface area is 118 Å². The van der Waals surface area contributed by atoms with Crippen molar-refractivity contribution in [2.24, 2.45) is 11.3 Å². The SMILES string of the molecule is COC(=O)C(C)CN(C)C(=O)NCC1(C(=O)O)CCC1. The van der Waals surface area contributed by atoms with Crippen LogP contribution in [-0.2, 0) is 14.3 Å². The molecule has 1 aliphatic rings. The molecule has 0 aliphatic heterocycles. The highest BCUT2D eigenvalue weighted by atomic mass is 16.5. The summed E-state index contributed by atoms with van der Waals surface area (Å²) >= 11 is 0. The van der Waals surface area contributed by atoms with Crippen molar-refractivity contribution in [2.75, 3.05) is 27.2 Å². The monoisotopic (exact) mass is 286 g/mol. The van der Waals surface area contributed by atoms with Crippen LogP contribution in [0.5, 0.6) is 0 Å². The van der Waals surface area contributed by atoms with Crippen molar-refractivity contribution >= 4 is 18.0 Å². The Morgan fingerprint density at radius 3 is 2.40 bits per heavy atom. The van der Waals surface area contributed by atoms with Crippen LogP contribution in [0.25, 0.3) is 0 Å². The summed E-state index contributed by atoms with van der Waals surface area (Å²) in [5.74, 6) is -1.67. The van der Waals surface area contributed by atoms with Crippen molar-refractivity contribution in [3.8, 4) is 0 Å². The minimum atomic E-state index is -0.866. The molecule has 0 aromatic carbocycles. The van der Waals surface area contributed by atoms with Gasteiger partial charge >= 0.3 is 18.0 Å². The zero-order chi connectivity index (χ0) is 15.3. The molecule has 0 spiro atoms. The van der Waals surface area contributed by atoms with Gasteiger partial charge in [0.15, 0.2) is 0 Å². The van der Waals surface area contributed by atoms with E-state index in [0.29, 0.717) is 12.8 Å². The fourth-order valence-electron chi connectivity index (χ4n) is 2.22. The van der Waals surface area contributed by atoms with E-state index in [4.69, 9.17) is 5.11 Å². The minimum Gasteiger partial charge on any atom is -0.481 e. The van der Waals surface area contributed by atoms with Gasteiger partial charge in [-0.1, -0.05) is 13.3 Å². The maximum absolute atomic E-state index is 11.9. The van der Waals surface area contributed by atoms with Crippen LogP contribution in [0.3, 0.4) is 0 Å². The molecule has 7 heteroatoms. The molecule has 0 aromatic rings. The van der Waals surface area contributed by atoms with Crippen molar-refractivity contribution in [1.82, 2.24) is 10.2 Å². The lowest BCUT2D eigenvalue weighted by Gasteiger charge is -2.38. The molecule has 1 rings (SSSR count). The molecular weight excluding hydrogens is 264 g/mol. The van der Waals surface area contributed by atoms with Gasteiger partial charge in [-0.3, -0.25) is 9.59 Å². The minimum absolute atomic E-state index is 0.123.